The molecule has 0 bridgehead atoms. The van der Waals surface area contributed by atoms with E-state index in [0.29, 0.717) is 18.9 Å². The van der Waals surface area contributed by atoms with Crippen molar-refractivity contribution < 1.29 is 14.7 Å². The van der Waals surface area contributed by atoms with E-state index in [1.807, 2.05) is 4.90 Å². The first-order valence-corrected chi connectivity index (χ1v) is 6.69. The van der Waals surface area contributed by atoms with Gasteiger partial charge in [-0.15, -0.1) is 0 Å². The summed E-state index contributed by atoms with van der Waals surface area (Å²) in [6, 6.07) is 0.213. The molecule has 3 atom stereocenters. The number of hydrogen-bond donors (Lipinski definition) is 2. The van der Waals surface area contributed by atoms with Gasteiger partial charge in [-0.25, -0.2) is 4.79 Å². The Bertz CT molecular complexity index is 307. The molecule has 0 aromatic carbocycles. The second-order valence-corrected chi connectivity index (χ2v) is 5.44. The second-order valence-electron chi connectivity index (χ2n) is 5.44. The highest BCUT2D eigenvalue weighted by Crippen LogP contribution is 2.21. The van der Waals surface area contributed by atoms with Crippen molar-refractivity contribution in [2.75, 3.05) is 13.1 Å². The van der Waals surface area contributed by atoms with Crippen LogP contribution in [0.15, 0.2) is 0 Å². The molecular weight excluding hydrogens is 232 g/mol. The number of likely N-dealkylation sites (tertiary alicyclic amines) is 1. The lowest BCUT2D eigenvalue weighted by atomic mass is 9.95. The Labute approximate surface area is 109 Å². The molecule has 5 heteroatoms. The van der Waals surface area contributed by atoms with Crippen molar-refractivity contribution in [1.82, 2.24) is 10.2 Å². The Balaban J connectivity index is 2.33. The Morgan fingerprint density at radius 1 is 1.39 bits per heavy atom. The Morgan fingerprint density at radius 2 is 2.06 bits per heavy atom. The molecule has 18 heavy (non-hydrogen) atoms. The van der Waals surface area contributed by atoms with Crippen LogP contribution < -0.4 is 5.32 Å². The van der Waals surface area contributed by atoms with E-state index in [4.69, 9.17) is 5.11 Å². The third-order valence-electron chi connectivity index (χ3n) is 3.65. The number of piperidine rings is 1. The maximum atomic E-state index is 12.0. The molecule has 2 amide bonds. The zero-order valence-corrected chi connectivity index (χ0v) is 11.5. The number of carbonyl (C=O) groups excluding carboxylic acids is 1. The number of carboxylic acid groups (broad SMARTS) is 1. The van der Waals surface area contributed by atoms with Crippen LogP contribution in [-0.4, -0.2) is 41.1 Å². The van der Waals surface area contributed by atoms with Crippen molar-refractivity contribution in [2.24, 2.45) is 11.8 Å². The summed E-state index contributed by atoms with van der Waals surface area (Å²) in [5.41, 5.74) is 0. The maximum absolute atomic E-state index is 12.0. The highest BCUT2D eigenvalue weighted by Gasteiger charge is 2.26. The number of amides is 2. The van der Waals surface area contributed by atoms with Crippen molar-refractivity contribution in [1.29, 1.82) is 0 Å². The minimum atomic E-state index is -0.816. The smallest absolute Gasteiger partial charge is 0.317 e. The Kier molecular flexibility index (Phi) is 5.44. The van der Waals surface area contributed by atoms with Crippen LogP contribution in [0.3, 0.4) is 0 Å². The summed E-state index contributed by atoms with van der Waals surface area (Å²) < 4.78 is 0. The van der Waals surface area contributed by atoms with E-state index >= 15 is 0 Å². The van der Waals surface area contributed by atoms with Gasteiger partial charge < -0.3 is 15.3 Å². The first kappa shape index (κ1) is 14.8. The van der Waals surface area contributed by atoms with E-state index < -0.39 is 11.9 Å². The lowest BCUT2D eigenvalue weighted by Crippen LogP contribution is -2.49. The van der Waals surface area contributed by atoms with Gasteiger partial charge in [0, 0.05) is 19.1 Å². The van der Waals surface area contributed by atoms with Gasteiger partial charge in [0.2, 0.25) is 0 Å². The Morgan fingerprint density at radius 3 is 2.67 bits per heavy atom. The molecule has 1 fully saturated rings. The van der Waals surface area contributed by atoms with Gasteiger partial charge in [-0.2, -0.15) is 0 Å². The monoisotopic (exact) mass is 256 g/mol. The number of aliphatic carboxylic acids is 1. The molecule has 1 rings (SSSR count). The third-order valence-corrected chi connectivity index (χ3v) is 3.65. The standard InChI is InChI=1S/C13H24N2O3/c1-9-4-5-11(3)15(8-9)13(18)14-7-6-10(2)12(16)17/h9-11H,4-8H2,1-3H3,(H,14,18)(H,16,17). The van der Waals surface area contributed by atoms with E-state index in [0.717, 1.165) is 13.0 Å². The van der Waals surface area contributed by atoms with Gasteiger partial charge in [-0.05, 0) is 32.1 Å². The maximum Gasteiger partial charge on any atom is 0.317 e. The van der Waals surface area contributed by atoms with Gasteiger partial charge in [0.1, 0.15) is 0 Å². The molecule has 1 aliphatic heterocycles. The van der Waals surface area contributed by atoms with E-state index in [2.05, 4.69) is 19.2 Å². The van der Waals surface area contributed by atoms with Crippen molar-refractivity contribution in [3.8, 4) is 0 Å². The second kappa shape index (κ2) is 6.61. The molecule has 2 N–H and O–H groups in total. The fraction of sp³-hybridized carbons (Fsp3) is 0.846. The topological polar surface area (TPSA) is 69.6 Å². The number of nitrogens with one attached hydrogen (secondary N) is 1. The van der Waals surface area contributed by atoms with Gasteiger partial charge in [0.15, 0.2) is 0 Å². The molecule has 0 saturated carbocycles. The van der Waals surface area contributed by atoms with Crippen molar-refractivity contribution in [2.45, 2.75) is 46.1 Å². The molecule has 0 aliphatic carbocycles. The summed E-state index contributed by atoms with van der Waals surface area (Å²) in [7, 11) is 0. The fourth-order valence-electron chi connectivity index (χ4n) is 2.19. The lowest BCUT2D eigenvalue weighted by molar-refractivity contribution is -0.141. The van der Waals surface area contributed by atoms with E-state index in [1.165, 1.54) is 6.42 Å². The summed E-state index contributed by atoms with van der Waals surface area (Å²) in [6.07, 6.45) is 2.68. The fourth-order valence-corrected chi connectivity index (χ4v) is 2.19. The highest BCUT2D eigenvalue weighted by molar-refractivity contribution is 5.74. The summed E-state index contributed by atoms with van der Waals surface area (Å²) >= 11 is 0. The first-order valence-electron chi connectivity index (χ1n) is 6.69. The zero-order chi connectivity index (χ0) is 13.7. The largest absolute Gasteiger partial charge is 0.481 e. The quantitative estimate of drug-likeness (QED) is 0.807. The minimum Gasteiger partial charge on any atom is -0.481 e. The predicted molar refractivity (Wildman–Crippen MR) is 69.4 cm³/mol. The summed E-state index contributed by atoms with van der Waals surface area (Å²) in [5.74, 6) is -0.683. The average molecular weight is 256 g/mol. The molecule has 104 valence electrons. The molecular formula is C13H24N2O3. The summed E-state index contributed by atoms with van der Waals surface area (Å²) in [6.45, 7) is 7.08. The number of urea groups is 1. The van der Waals surface area contributed by atoms with Crippen LogP contribution in [0.25, 0.3) is 0 Å². The highest BCUT2D eigenvalue weighted by atomic mass is 16.4. The van der Waals surface area contributed by atoms with Gasteiger partial charge in [0.05, 0.1) is 5.92 Å². The molecule has 1 saturated heterocycles. The van der Waals surface area contributed by atoms with Crippen molar-refractivity contribution >= 4 is 12.0 Å². The predicted octanol–water partition coefficient (Wildman–Crippen LogP) is 1.93. The minimum absolute atomic E-state index is 0.0633. The van der Waals surface area contributed by atoms with Gasteiger partial charge in [0.25, 0.3) is 0 Å². The number of hydrogen-bond acceptors (Lipinski definition) is 2. The molecule has 0 spiro atoms. The van der Waals surface area contributed by atoms with Crippen molar-refractivity contribution in [3.63, 3.8) is 0 Å². The molecule has 3 unspecified atom stereocenters. The van der Waals surface area contributed by atoms with E-state index in [9.17, 15) is 9.59 Å². The van der Waals surface area contributed by atoms with Crippen LogP contribution in [0, 0.1) is 11.8 Å². The van der Waals surface area contributed by atoms with Crippen LogP contribution in [0.5, 0.6) is 0 Å². The van der Waals surface area contributed by atoms with Crippen LogP contribution in [0.1, 0.15) is 40.0 Å². The molecule has 0 radical (unpaired) electrons. The van der Waals surface area contributed by atoms with Crippen LogP contribution in [0.2, 0.25) is 0 Å². The average Bonchev–Trinajstić information content (AvgIpc) is 2.31. The zero-order valence-electron chi connectivity index (χ0n) is 11.5. The first-order chi connectivity index (χ1) is 8.41. The number of carbonyl (C=O) groups is 2. The number of nitrogens with zero attached hydrogens (tertiary/aromatic N) is 1. The molecule has 5 nitrogen and oxygen atoms in total. The van der Waals surface area contributed by atoms with Gasteiger partial charge in [-0.1, -0.05) is 13.8 Å². The molecule has 1 heterocycles. The van der Waals surface area contributed by atoms with Gasteiger partial charge in [-0.3, -0.25) is 4.79 Å². The molecule has 1 aliphatic rings. The summed E-state index contributed by atoms with van der Waals surface area (Å²) in [4.78, 5) is 24.5. The molecule has 0 aromatic heterocycles. The van der Waals surface area contributed by atoms with Crippen LogP contribution in [0.4, 0.5) is 4.79 Å². The number of rotatable bonds is 4. The number of carboxylic acids is 1. The Hall–Kier alpha value is -1.26. The normalized spacial score (nSPS) is 25.6. The van der Waals surface area contributed by atoms with Crippen LogP contribution in [-0.2, 0) is 4.79 Å². The van der Waals surface area contributed by atoms with E-state index in [-0.39, 0.29) is 12.1 Å². The summed E-state index contributed by atoms with van der Waals surface area (Å²) in [5, 5.41) is 11.6. The SMILES string of the molecule is CC1CCC(C)N(C(=O)NCCC(C)C(=O)O)C1. The van der Waals surface area contributed by atoms with Crippen molar-refractivity contribution in [3.05, 3.63) is 0 Å². The van der Waals surface area contributed by atoms with Gasteiger partial charge >= 0.3 is 12.0 Å². The van der Waals surface area contributed by atoms with Crippen LogP contribution >= 0.6 is 0 Å². The molecule has 0 aromatic rings. The van der Waals surface area contributed by atoms with E-state index in [1.54, 1.807) is 6.92 Å². The lowest BCUT2D eigenvalue weighted by Gasteiger charge is -2.36. The third kappa shape index (κ3) is 4.20.